The number of aryl methyl sites for hydroxylation is 1. The van der Waals surface area contributed by atoms with Crippen molar-refractivity contribution in [2.45, 2.75) is 37.4 Å². The minimum atomic E-state index is -3.63. The summed E-state index contributed by atoms with van der Waals surface area (Å²) >= 11 is 0. The van der Waals surface area contributed by atoms with Crippen LogP contribution >= 0.6 is 0 Å². The van der Waals surface area contributed by atoms with Crippen LogP contribution in [0.2, 0.25) is 0 Å². The third-order valence-electron chi connectivity index (χ3n) is 6.03. The van der Waals surface area contributed by atoms with Crippen molar-refractivity contribution in [3.05, 3.63) is 65.7 Å². The van der Waals surface area contributed by atoms with E-state index in [2.05, 4.69) is 22.3 Å². The molecule has 2 aromatic rings. The lowest BCUT2D eigenvalue weighted by Crippen LogP contribution is -2.55. The second kappa shape index (κ2) is 9.38. The van der Waals surface area contributed by atoms with Crippen molar-refractivity contribution in [3.8, 4) is 0 Å². The number of carbonyl (C=O) groups excluding carboxylic acids is 1. The van der Waals surface area contributed by atoms with E-state index < -0.39 is 16.2 Å². The molecule has 0 aliphatic carbocycles. The van der Waals surface area contributed by atoms with Crippen LogP contribution in [0.3, 0.4) is 0 Å². The van der Waals surface area contributed by atoms with E-state index in [1.165, 1.54) is 9.87 Å². The first-order valence-corrected chi connectivity index (χ1v) is 12.3. The molecule has 2 aromatic carbocycles. The maximum absolute atomic E-state index is 13.1. The Morgan fingerprint density at radius 3 is 2.32 bits per heavy atom. The molecule has 0 unspecified atom stereocenters. The molecule has 166 valence electrons. The van der Waals surface area contributed by atoms with Crippen LogP contribution in [0.25, 0.3) is 0 Å². The highest BCUT2D eigenvalue weighted by molar-refractivity contribution is 7.89. The standard InChI is InChI=1S/C23H30N4O3S/c1-19-9-11-21(12-10-19)31(29,30)27-13-5-8-22(27)24-23(28)26-16-14-25(15-17-26)18-20-6-3-2-4-7-20/h2-4,6-7,9-12,22H,5,8,13-18H2,1H3,(H,24,28)/t22-/m1/s1. The number of piperazine rings is 1. The summed E-state index contributed by atoms with van der Waals surface area (Å²) in [6.45, 7) is 6.10. The van der Waals surface area contributed by atoms with Gasteiger partial charge in [-0.1, -0.05) is 48.0 Å². The first kappa shape index (κ1) is 21.8. The van der Waals surface area contributed by atoms with Gasteiger partial charge in [-0.2, -0.15) is 4.31 Å². The van der Waals surface area contributed by atoms with Gasteiger partial charge in [-0.05, 0) is 37.5 Å². The molecule has 2 fully saturated rings. The van der Waals surface area contributed by atoms with Crippen molar-refractivity contribution in [3.63, 3.8) is 0 Å². The second-order valence-corrected chi connectivity index (χ2v) is 10.2. The molecular weight excluding hydrogens is 412 g/mol. The van der Waals surface area contributed by atoms with Crippen LogP contribution < -0.4 is 5.32 Å². The molecule has 2 heterocycles. The van der Waals surface area contributed by atoms with Gasteiger partial charge in [-0.3, -0.25) is 4.90 Å². The van der Waals surface area contributed by atoms with Gasteiger partial charge in [0.15, 0.2) is 0 Å². The monoisotopic (exact) mass is 442 g/mol. The molecule has 2 amide bonds. The normalized spacial score (nSPS) is 20.7. The van der Waals surface area contributed by atoms with Gasteiger partial charge in [0.2, 0.25) is 10.0 Å². The minimum absolute atomic E-state index is 0.185. The van der Waals surface area contributed by atoms with Crippen molar-refractivity contribution < 1.29 is 13.2 Å². The predicted octanol–water partition coefficient (Wildman–Crippen LogP) is 2.63. The Hall–Kier alpha value is -2.42. The lowest BCUT2D eigenvalue weighted by molar-refractivity contribution is 0.130. The molecule has 0 saturated carbocycles. The number of sulfonamides is 1. The van der Waals surface area contributed by atoms with Gasteiger partial charge in [0, 0.05) is 39.3 Å². The molecule has 0 spiro atoms. The van der Waals surface area contributed by atoms with Crippen molar-refractivity contribution >= 4 is 16.1 Å². The van der Waals surface area contributed by atoms with Crippen molar-refractivity contribution in [2.24, 2.45) is 0 Å². The maximum atomic E-state index is 13.1. The number of carbonyl (C=O) groups is 1. The molecule has 8 heteroatoms. The predicted molar refractivity (Wildman–Crippen MR) is 120 cm³/mol. The largest absolute Gasteiger partial charge is 0.322 e. The van der Waals surface area contributed by atoms with Gasteiger partial charge in [0.1, 0.15) is 0 Å². The summed E-state index contributed by atoms with van der Waals surface area (Å²) in [5, 5.41) is 2.97. The number of hydrogen-bond donors (Lipinski definition) is 1. The van der Waals surface area contributed by atoms with Crippen molar-refractivity contribution in [2.75, 3.05) is 32.7 Å². The third-order valence-corrected chi connectivity index (χ3v) is 7.95. The summed E-state index contributed by atoms with van der Waals surface area (Å²) in [5.74, 6) is 0. The Morgan fingerprint density at radius 2 is 1.65 bits per heavy atom. The van der Waals surface area contributed by atoms with Crippen LogP contribution in [0.5, 0.6) is 0 Å². The summed E-state index contributed by atoms with van der Waals surface area (Å²) in [5.41, 5.74) is 2.28. The average Bonchev–Trinajstić information content (AvgIpc) is 3.24. The van der Waals surface area contributed by atoms with E-state index in [1.54, 1.807) is 29.2 Å². The van der Waals surface area contributed by atoms with Gasteiger partial charge < -0.3 is 10.2 Å². The molecule has 0 aromatic heterocycles. The number of urea groups is 1. The fourth-order valence-corrected chi connectivity index (χ4v) is 5.82. The third kappa shape index (κ3) is 5.08. The number of hydrogen-bond acceptors (Lipinski definition) is 4. The van der Waals surface area contributed by atoms with Gasteiger partial charge in [-0.15, -0.1) is 0 Å². The quantitative estimate of drug-likeness (QED) is 0.773. The Bertz CT molecular complexity index is 987. The Labute approximate surface area is 184 Å². The van der Waals surface area contributed by atoms with Gasteiger partial charge in [-0.25, -0.2) is 13.2 Å². The van der Waals surface area contributed by atoms with Crippen LogP contribution in [-0.4, -0.2) is 67.4 Å². The zero-order valence-corrected chi connectivity index (χ0v) is 18.7. The van der Waals surface area contributed by atoms with E-state index in [1.807, 2.05) is 25.1 Å². The molecule has 7 nitrogen and oxygen atoms in total. The Morgan fingerprint density at radius 1 is 0.968 bits per heavy atom. The smallest absolute Gasteiger partial charge is 0.318 e. The van der Waals surface area contributed by atoms with Crippen LogP contribution in [-0.2, 0) is 16.6 Å². The van der Waals surface area contributed by atoms with Crippen molar-refractivity contribution in [1.82, 2.24) is 19.4 Å². The summed E-state index contributed by atoms with van der Waals surface area (Å²) in [6.07, 6.45) is 0.868. The second-order valence-electron chi connectivity index (χ2n) is 8.29. The number of amides is 2. The molecule has 1 atom stereocenters. The lowest BCUT2D eigenvalue weighted by Gasteiger charge is -2.36. The highest BCUT2D eigenvalue weighted by Crippen LogP contribution is 2.25. The van der Waals surface area contributed by atoms with Crippen LogP contribution in [0.1, 0.15) is 24.0 Å². The molecule has 0 bridgehead atoms. The van der Waals surface area contributed by atoms with Gasteiger partial charge >= 0.3 is 6.03 Å². The summed E-state index contributed by atoms with van der Waals surface area (Å²) in [4.78, 5) is 17.2. The molecular formula is C23H30N4O3S. The fourth-order valence-electron chi connectivity index (χ4n) is 4.20. The highest BCUT2D eigenvalue weighted by atomic mass is 32.2. The number of nitrogens with one attached hydrogen (secondary N) is 1. The van der Waals surface area contributed by atoms with E-state index in [0.717, 1.165) is 31.6 Å². The van der Waals surface area contributed by atoms with E-state index in [0.29, 0.717) is 26.1 Å². The molecule has 2 aliphatic rings. The summed E-state index contributed by atoms with van der Waals surface area (Å²) in [6, 6.07) is 17.0. The highest BCUT2D eigenvalue weighted by Gasteiger charge is 2.37. The zero-order valence-electron chi connectivity index (χ0n) is 17.9. The number of rotatable bonds is 5. The Kier molecular flexibility index (Phi) is 6.60. The molecule has 31 heavy (non-hydrogen) atoms. The van der Waals surface area contributed by atoms with Crippen LogP contribution in [0.15, 0.2) is 59.5 Å². The summed E-state index contributed by atoms with van der Waals surface area (Å²) in [7, 11) is -3.63. The SMILES string of the molecule is Cc1ccc(S(=O)(=O)N2CCC[C@@H]2NC(=O)N2CCN(Cc3ccccc3)CC2)cc1. The van der Waals surface area contributed by atoms with Gasteiger partial charge in [0.25, 0.3) is 0 Å². The average molecular weight is 443 g/mol. The number of nitrogens with zero attached hydrogens (tertiary/aromatic N) is 3. The minimum Gasteiger partial charge on any atom is -0.322 e. The molecule has 4 rings (SSSR count). The van der Waals surface area contributed by atoms with E-state index in [9.17, 15) is 13.2 Å². The topological polar surface area (TPSA) is 73.0 Å². The summed E-state index contributed by atoms with van der Waals surface area (Å²) < 4.78 is 27.6. The van der Waals surface area contributed by atoms with Gasteiger partial charge in [0.05, 0.1) is 11.1 Å². The molecule has 1 N–H and O–H groups in total. The molecule has 2 aliphatic heterocycles. The van der Waals surface area contributed by atoms with Crippen LogP contribution in [0.4, 0.5) is 4.79 Å². The van der Waals surface area contributed by atoms with E-state index in [4.69, 9.17) is 0 Å². The molecule has 0 radical (unpaired) electrons. The number of benzene rings is 2. The van der Waals surface area contributed by atoms with Crippen LogP contribution in [0, 0.1) is 6.92 Å². The van der Waals surface area contributed by atoms with E-state index in [-0.39, 0.29) is 10.9 Å². The first-order chi connectivity index (χ1) is 14.9. The Balaban J connectivity index is 1.33. The fraction of sp³-hybridized carbons (Fsp3) is 0.435. The first-order valence-electron chi connectivity index (χ1n) is 10.8. The molecule has 2 saturated heterocycles. The lowest BCUT2D eigenvalue weighted by atomic mass is 10.2. The van der Waals surface area contributed by atoms with Crippen molar-refractivity contribution in [1.29, 1.82) is 0 Å². The maximum Gasteiger partial charge on any atom is 0.318 e. The zero-order chi connectivity index (χ0) is 21.8. The van der Waals surface area contributed by atoms with E-state index >= 15 is 0 Å².